The van der Waals surface area contributed by atoms with Crippen LogP contribution in [0.1, 0.15) is 58.3 Å². The van der Waals surface area contributed by atoms with Crippen LogP contribution in [0.4, 0.5) is 0 Å². The summed E-state index contributed by atoms with van der Waals surface area (Å²) in [4.78, 5) is 11.8. The third-order valence-electron chi connectivity index (χ3n) is 3.28. The topological polar surface area (TPSA) is 29.1 Å². The van der Waals surface area contributed by atoms with Gasteiger partial charge in [0.1, 0.15) is 5.78 Å². The second kappa shape index (κ2) is 7.86. The van der Waals surface area contributed by atoms with Crippen molar-refractivity contribution in [3.63, 3.8) is 0 Å². The molecule has 0 saturated carbocycles. The van der Waals surface area contributed by atoms with E-state index in [-0.39, 0.29) is 0 Å². The van der Waals surface area contributed by atoms with Crippen molar-refractivity contribution < 1.29 is 4.79 Å². The first kappa shape index (κ1) is 12.7. The number of hydrogen-bond donors (Lipinski definition) is 1. The molecule has 0 spiro atoms. The molecule has 1 saturated heterocycles. The molecule has 1 fully saturated rings. The minimum Gasteiger partial charge on any atom is -0.316 e. The third kappa shape index (κ3) is 5.31. The minimum absolute atomic E-state index is 0.324. The zero-order valence-electron chi connectivity index (χ0n) is 10.1. The number of carbonyl (C=O) groups excluding carboxylic acids is 1. The zero-order chi connectivity index (χ0) is 10.9. The first-order valence-corrected chi connectivity index (χ1v) is 6.58. The van der Waals surface area contributed by atoms with Crippen LogP contribution in [-0.4, -0.2) is 18.9 Å². The maximum atomic E-state index is 11.8. The summed E-state index contributed by atoms with van der Waals surface area (Å²) in [5.41, 5.74) is 0. The van der Waals surface area contributed by atoms with Crippen molar-refractivity contribution in [2.45, 2.75) is 58.3 Å². The number of piperidine rings is 1. The lowest BCUT2D eigenvalue weighted by atomic mass is 9.92. The Morgan fingerprint density at radius 1 is 1.27 bits per heavy atom. The number of ketones is 1. The van der Waals surface area contributed by atoms with E-state index in [1.165, 1.54) is 32.1 Å². The van der Waals surface area contributed by atoms with Gasteiger partial charge in [0.25, 0.3) is 0 Å². The molecule has 2 nitrogen and oxygen atoms in total. The highest BCUT2D eigenvalue weighted by Crippen LogP contribution is 2.15. The molecule has 0 aromatic rings. The molecule has 1 heterocycles. The van der Waals surface area contributed by atoms with Crippen LogP contribution in [0.3, 0.4) is 0 Å². The summed E-state index contributed by atoms with van der Waals surface area (Å²) < 4.78 is 0. The van der Waals surface area contributed by atoms with E-state index in [1.54, 1.807) is 0 Å². The Kier molecular flexibility index (Phi) is 6.66. The summed E-state index contributed by atoms with van der Waals surface area (Å²) in [6.07, 6.45) is 9.34. The third-order valence-corrected chi connectivity index (χ3v) is 3.28. The first-order chi connectivity index (χ1) is 7.34. The highest BCUT2D eigenvalue weighted by molar-refractivity contribution is 5.81. The van der Waals surface area contributed by atoms with Crippen LogP contribution in [-0.2, 0) is 4.79 Å². The van der Waals surface area contributed by atoms with Crippen LogP contribution >= 0.6 is 0 Å². The number of hydrogen-bond acceptors (Lipinski definition) is 2. The zero-order valence-corrected chi connectivity index (χ0v) is 10.1. The van der Waals surface area contributed by atoms with Crippen molar-refractivity contribution in [3.05, 3.63) is 0 Å². The molecule has 0 amide bonds. The fraction of sp³-hybridized carbons (Fsp3) is 0.923. The molecule has 15 heavy (non-hydrogen) atoms. The molecule has 0 aromatic heterocycles. The lowest BCUT2D eigenvalue weighted by Gasteiger charge is -2.21. The molecule has 0 bridgehead atoms. The van der Waals surface area contributed by atoms with E-state index in [4.69, 9.17) is 0 Å². The lowest BCUT2D eigenvalue weighted by molar-refractivity contribution is -0.123. The molecule has 1 atom stereocenters. The Balaban J connectivity index is 2.02. The fourth-order valence-electron chi connectivity index (χ4n) is 2.23. The number of unbranched alkanes of at least 4 members (excludes halogenated alkanes) is 4. The van der Waals surface area contributed by atoms with Crippen molar-refractivity contribution in [2.75, 3.05) is 13.1 Å². The highest BCUT2D eigenvalue weighted by Gasteiger charge is 2.19. The van der Waals surface area contributed by atoms with E-state index in [1.807, 2.05) is 0 Å². The number of nitrogens with one attached hydrogen (secondary N) is 1. The summed E-state index contributed by atoms with van der Waals surface area (Å²) in [5, 5.41) is 3.31. The van der Waals surface area contributed by atoms with Crippen LogP contribution < -0.4 is 5.32 Å². The number of carbonyl (C=O) groups is 1. The van der Waals surface area contributed by atoms with E-state index in [9.17, 15) is 4.79 Å². The average Bonchev–Trinajstić information content (AvgIpc) is 2.30. The molecular formula is C13H25NO. The van der Waals surface area contributed by atoms with Crippen molar-refractivity contribution in [2.24, 2.45) is 5.92 Å². The first-order valence-electron chi connectivity index (χ1n) is 6.58. The SMILES string of the molecule is CCCCCCCC(=O)C1CCCNC1. The molecular weight excluding hydrogens is 186 g/mol. The number of rotatable bonds is 7. The fourth-order valence-corrected chi connectivity index (χ4v) is 2.23. The normalized spacial score (nSPS) is 21.5. The molecule has 1 N–H and O–H groups in total. The maximum absolute atomic E-state index is 11.8. The van der Waals surface area contributed by atoms with Crippen molar-refractivity contribution in [1.29, 1.82) is 0 Å². The van der Waals surface area contributed by atoms with Crippen molar-refractivity contribution in [1.82, 2.24) is 5.32 Å². The van der Waals surface area contributed by atoms with Crippen molar-refractivity contribution in [3.8, 4) is 0 Å². The molecule has 0 aliphatic carbocycles. The molecule has 1 unspecified atom stereocenters. The molecule has 1 aliphatic heterocycles. The van der Waals surface area contributed by atoms with Gasteiger partial charge in [0.15, 0.2) is 0 Å². The molecule has 0 radical (unpaired) electrons. The van der Waals surface area contributed by atoms with Crippen LogP contribution in [0, 0.1) is 5.92 Å². The second-order valence-corrected chi connectivity index (χ2v) is 4.67. The van der Waals surface area contributed by atoms with Gasteiger partial charge in [-0.3, -0.25) is 4.79 Å². The van der Waals surface area contributed by atoms with Gasteiger partial charge in [0.2, 0.25) is 0 Å². The van der Waals surface area contributed by atoms with E-state index in [0.717, 1.165) is 32.4 Å². The van der Waals surface area contributed by atoms with Crippen LogP contribution in [0.25, 0.3) is 0 Å². The number of Topliss-reactive ketones (excluding diaryl/α,β-unsaturated/α-hetero) is 1. The monoisotopic (exact) mass is 211 g/mol. The summed E-state index contributed by atoms with van der Waals surface area (Å²) in [5.74, 6) is 0.823. The minimum atomic E-state index is 0.324. The van der Waals surface area contributed by atoms with E-state index in [2.05, 4.69) is 12.2 Å². The van der Waals surface area contributed by atoms with E-state index < -0.39 is 0 Å². The predicted molar refractivity (Wildman–Crippen MR) is 64.0 cm³/mol. The van der Waals surface area contributed by atoms with Gasteiger partial charge in [-0.1, -0.05) is 32.6 Å². The summed E-state index contributed by atoms with van der Waals surface area (Å²) in [6.45, 7) is 4.24. The Morgan fingerprint density at radius 2 is 2.07 bits per heavy atom. The van der Waals surface area contributed by atoms with Crippen LogP contribution in [0.15, 0.2) is 0 Å². The van der Waals surface area contributed by atoms with E-state index >= 15 is 0 Å². The molecule has 88 valence electrons. The summed E-state index contributed by atoms with van der Waals surface area (Å²) in [7, 11) is 0. The van der Waals surface area contributed by atoms with Crippen molar-refractivity contribution >= 4 is 5.78 Å². The largest absolute Gasteiger partial charge is 0.316 e. The van der Waals surface area contributed by atoms with Crippen LogP contribution in [0.5, 0.6) is 0 Å². The summed E-state index contributed by atoms with van der Waals surface area (Å²) >= 11 is 0. The Morgan fingerprint density at radius 3 is 2.73 bits per heavy atom. The Labute approximate surface area is 93.8 Å². The van der Waals surface area contributed by atoms with Gasteiger partial charge >= 0.3 is 0 Å². The van der Waals surface area contributed by atoms with Crippen LogP contribution in [0.2, 0.25) is 0 Å². The average molecular weight is 211 g/mol. The van der Waals surface area contributed by atoms with Gasteiger partial charge < -0.3 is 5.32 Å². The van der Waals surface area contributed by atoms with Gasteiger partial charge in [-0.2, -0.15) is 0 Å². The van der Waals surface area contributed by atoms with Gasteiger partial charge in [0, 0.05) is 18.9 Å². The van der Waals surface area contributed by atoms with Gasteiger partial charge in [0.05, 0.1) is 0 Å². The predicted octanol–water partition coefficient (Wildman–Crippen LogP) is 2.92. The van der Waals surface area contributed by atoms with Gasteiger partial charge in [-0.15, -0.1) is 0 Å². The lowest BCUT2D eigenvalue weighted by Crippen LogP contribution is -2.34. The quantitative estimate of drug-likeness (QED) is 0.656. The second-order valence-electron chi connectivity index (χ2n) is 4.67. The molecule has 0 aromatic carbocycles. The standard InChI is InChI=1S/C13H25NO/c1-2-3-4-5-6-9-13(15)12-8-7-10-14-11-12/h12,14H,2-11H2,1H3. The Bertz CT molecular complexity index is 173. The molecule has 2 heteroatoms. The molecule has 1 aliphatic rings. The smallest absolute Gasteiger partial charge is 0.137 e. The van der Waals surface area contributed by atoms with Gasteiger partial charge in [-0.05, 0) is 25.8 Å². The van der Waals surface area contributed by atoms with Gasteiger partial charge in [-0.25, -0.2) is 0 Å². The highest BCUT2D eigenvalue weighted by atomic mass is 16.1. The summed E-state index contributed by atoms with van der Waals surface area (Å²) in [6, 6.07) is 0. The maximum Gasteiger partial charge on any atom is 0.137 e. The Hall–Kier alpha value is -0.370. The molecule has 1 rings (SSSR count). The van der Waals surface area contributed by atoms with E-state index in [0.29, 0.717) is 11.7 Å².